The highest BCUT2D eigenvalue weighted by atomic mass is 16.2. The van der Waals surface area contributed by atoms with Gasteiger partial charge in [-0.05, 0) is 38.2 Å². The van der Waals surface area contributed by atoms with Crippen molar-refractivity contribution in [2.24, 2.45) is 0 Å². The standard InChI is InChI=1S/C22H32N6O/c1-18(27-13-9-21(10-14-27)28-17-23-16-24-28)22(29)25-20-7-11-26(12-8-20)15-19-5-3-2-4-6-19/h2-6,16-18,20-21H,7-15H2,1H3,(H,25,29). The van der Waals surface area contributed by atoms with E-state index in [9.17, 15) is 4.79 Å². The molecule has 0 saturated carbocycles. The first kappa shape index (κ1) is 20.0. The molecule has 1 atom stereocenters. The van der Waals surface area contributed by atoms with E-state index in [1.54, 1.807) is 12.7 Å². The molecular formula is C22H32N6O. The second-order valence-corrected chi connectivity index (χ2v) is 8.36. The Labute approximate surface area is 173 Å². The highest BCUT2D eigenvalue weighted by Crippen LogP contribution is 2.23. The van der Waals surface area contributed by atoms with Crippen LogP contribution in [0.25, 0.3) is 0 Å². The number of nitrogens with one attached hydrogen (secondary N) is 1. The lowest BCUT2D eigenvalue weighted by atomic mass is 10.0. The zero-order valence-electron chi connectivity index (χ0n) is 17.3. The minimum absolute atomic E-state index is 0.0750. The van der Waals surface area contributed by atoms with Crippen molar-refractivity contribution in [3.8, 4) is 0 Å². The first-order valence-electron chi connectivity index (χ1n) is 10.8. The maximum Gasteiger partial charge on any atom is 0.237 e. The van der Waals surface area contributed by atoms with Gasteiger partial charge >= 0.3 is 0 Å². The average Bonchev–Trinajstić information content (AvgIpc) is 3.30. The highest BCUT2D eigenvalue weighted by molar-refractivity contribution is 5.81. The van der Waals surface area contributed by atoms with Crippen LogP contribution in [-0.2, 0) is 11.3 Å². The molecule has 2 saturated heterocycles. The Kier molecular flexibility index (Phi) is 6.56. The molecule has 1 aromatic heterocycles. The van der Waals surface area contributed by atoms with Gasteiger partial charge in [0.25, 0.3) is 0 Å². The van der Waals surface area contributed by atoms with E-state index in [2.05, 4.69) is 55.5 Å². The largest absolute Gasteiger partial charge is 0.352 e. The van der Waals surface area contributed by atoms with Gasteiger partial charge < -0.3 is 5.32 Å². The van der Waals surface area contributed by atoms with Crippen molar-refractivity contribution in [3.05, 3.63) is 48.5 Å². The van der Waals surface area contributed by atoms with E-state index < -0.39 is 0 Å². The number of carbonyl (C=O) groups excluding carboxylic acids is 1. The smallest absolute Gasteiger partial charge is 0.237 e. The molecule has 4 rings (SSSR count). The lowest BCUT2D eigenvalue weighted by Crippen LogP contribution is -2.52. The molecule has 0 bridgehead atoms. The van der Waals surface area contributed by atoms with Crippen LogP contribution in [0.3, 0.4) is 0 Å². The van der Waals surface area contributed by atoms with E-state index in [0.717, 1.165) is 58.4 Å². The lowest BCUT2D eigenvalue weighted by Gasteiger charge is -2.37. The van der Waals surface area contributed by atoms with Gasteiger partial charge in [0.05, 0.1) is 12.1 Å². The third-order valence-corrected chi connectivity index (χ3v) is 6.42. The van der Waals surface area contributed by atoms with Crippen molar-refractivity contribution in [1.29, 1.82) is 0 Å². The summed E-state index contributed by atoms with van der Waals surface area (Å²) in [6.07, 6.45) is 7.46. The molecule has 0 radical (unpaired) electrons. The monoisotopic (exact) mass is 396 g/mol. The second-order valence-electron chi connectivity index (χ2n) is 8.36. The molecule has 0 spiro atoms. The molecule has 2 aliphatic heterocycles. The number of benzene rings is 1. The van der Waals surface area contributed by atoms with Crippen molar-refractivity contribution in [1.82, 2.24) is 29.9 Å². The first-order chi connectivity index (χ1) is 14.2. The fourth-order valence-electron chi connectivity index (χ4n) is 4.51. The van der Waals surface area contributed by atoms with Gasteiger partial charge in [0.15, 0.2) is 0 Å². The Hall–Kier alpha value is -2.25. The summed E-state index contributed by atoms with van der Waals surface area (Å²) in [5.41, 5.74) is 1.36. The van der Waals surface area contributed by atoms with Crippen molar-refractivity contribution in [2.45, 2.75) is 57.3 Å². The SMILES string of the molecule is CC(C(=O)NC1CCN(Cc2ccccc2)CC1)N1CCC(n2cncn2)CC1. The maximum atomic E-state index is 12.8. The van der Waals surface area contributed by atoms with Gasteiger partial charge in [-0.3, -0.25) is 14.6 Å². The van der Waals surface area contributed by atoms with Gasteiger partial charge in [0, 0.05) is 38.8 Å². The number of likely N-dealkylation sites (tertiary alicyclic amines) is 2. The summed E-state index contributed by atoms with van der Waals surface area (Å²) in [6.45, 7) is 6.96. The molecule has 2 aromatic rings. The molecule has 29 heavy (non-hydrogen) atoms. The van der Waals surface area contributed by atoms with Gasteiger partial charge in [-0.25, -0.2) is 9.67 Å². The number of piperidine rings is 2. The Balaban J connectivity index is 1.19. The molecule has 3 heterocycles. The number of hydrogen-bond donors (Lipinski definition) is 1. The summed E-state index contributed by atoms with van der Waals surface area (Å²) in [4.78, 5) is 21.6. The topological polar surface area (TPSA) is 66.3 Å². The molecular weight excluding hydrogens is 364 g/mol. The fourth-order valence-corrected chi connectivity index (χ4v) is 4.51. The van der Waals surface area contributed by atoms with Crippen molar-refractivity contribution >= 4 is 5.91 Å². The van der Waals surface area contributed by atoms with Gasteiger partial charge in [0.1, 0.15) is 12.7 Å². The summed E-state index contributed by atoms with van der Waals surface area (Å²) in [5, 5.41) is 7.56. The summed E-state index contributed by atoms with van der Waals surface area (Å²) in [7, 11) is 0. The van der Waals surface area contributed by atoms with Crippen LogP contribution < -0.4 is 5.32 Å². The summed E-state index contributed by atoms with van der Waals surface area (Å²) < 4.78 is 1.95. The second kappa shape index (κ2) is 9.50. The fraction of sp³-hybridized carbons (Fsp3) is 0.591. The molecule has 2 aliphatic rings. The Morgan fingerprint density at radius 2 is 1.83 bits per heavy atom. The molecule has 1 amide bonds. The number of carbonyl (C=O) groups is 1. The van der Waals surface area contributed by atoms with E-state index in [0.29, 0.717) is 12.1 Å². The van der Waals surface area contributed by atoms with E-state index in [-0.39, 0.29) is 11.9 Å². The third kappa shape index (κ3) is 5.22. The predicted octanol–water partition coefficient (Wildman–Crippen LogP) is 2.08. The van der Waals surface area contributed by atoms with E-state index >= 15 is 0 Å². The Morgan fingerprint density at radius 3 is 2.48 bits per heavy atom. The van der Waals surface area contributed by atoms with Crippen LogP contribution in [0.4, 0.5) is 0 Å². The van der Waals surface area contributed by atoms with Crippen molar-refractivity contribution < 1.29 is 4.79 Å². The highest BCUT2D eigenvalue weighted by Gasteiger charge is 2.29. The van der Waals surface area contributed by atoms with Gasteiger partial charge in [-0.15, -0.1) is 0 Å². The first-order valence-corrected chi connectivity index (χ1v) is 10.8. The van der Waals surface area contributed by atoms with Gasteiger partial charge in [0.2, 0.25) is 5.91 Å². The van der Waals surface area contributed by atoms with Crippen molar-refractivity contribution in [3.63, 3.8) is 0 Å². The van der Waals surface area contributed by atoms with Crippen LogP contribution in [0.1, 0.15) is 44.2 Å². The summed E-state index contributed by atoms with van der Waals surface area (Å²) >= 11 is 0. The average molecular weight is 397 g/mol. The molecule has 1 N–H and O–H groups in total. The van der Waals surface area contributed by atoms with E-state index in [4.69, 9.17) is 0 Å². The molecule has 1 aromatic carbocycles. The number of aromatic nitrogens is 3. The van der Waals surface area contributed by atoms with Crippen LogP contribution in [0.2, 0.25) is 0 Å². The molecule has 7 heteroatoms. The van der Waals surface area contributed by atoms with Gasteiger partial charge in [-0.2, -0.15) is 5.10 Å². The molecule has 0 aliphatic carbocycles. The Bertz CT molecular complexity index is 749. The van der Waals surface area contributed by atoms with Crippen LogP contribution in [-0.4, -0.2) is 68.7 Å². The van der Waals surface area contributed by atoms with Gasteiger partial charge in [-0.1, -0.05) is 30.3 Å². The number of hydrogen-bond acceptors (Lipinski definition) is 5. The van der Waals surface area contributed by atoms with Crippen LogP contribution in [0, 0.1) is 0 Å². The minimum atomic E-state index is -0.0750. The van der Waals surface area contributed by atoms with E-state index in [1.165, 1.54) is 5.56 Å². The molecule has 1 unspecified atom stereocenters. The molecule has 7 nitrogen and oxygen atoms in total. The van der Waals surface area contributed by atoms with E-state index in [1.807, 2.05) is 11.6 Å². The Morgan fingerprint density at radius 1 is 1.10 bits per heavy atom. The quantitative estimate of drug-likeness (QED) is 0.810. The predicted molar refractivity (Wildman–Crippen MR) is 112 cm³/mol. The molecule has 156 valence electrons. The third-order valence-electron chi connectivity index (χ3n) is 6.42. The number of rotatable bonds is 6. The number of amides is 1. The maximum absolute atomic E-state index is 12.8. The number of nitrogens with zero attached hydrogens (tertiary/aromatic N) is 5. The molecule has 2 fully saturated rings. The summed E-state index contributed by atoms with van der Waals surface area (Å²) in [6, 6.07) is 11.2. The normalized spacial score (nSPS) is 21.1. The minimum Gasteiger partial charge on any atom is -0.352 e. The van der Waals surface area contributed by atoms with Crippen LogP contribution in [0.15, 0.2) is 43.0 Å². The van der Waals surface area contributed by atoms with Crippen LogP contribution >= 0.6 is 0 Å². The summed E-state index contributed by atoms with van der Waals surface area (Å²) in [5.74, 6) is 0.172. The van der Waals surface area contributed by atoms with Crippen LogP contribution in [0.5, 0.6) is 0 Å². The zero-order valence-corrected chi connectivity index (χ0v) is 17.3. The van der Waals surface area contributed by atoms with Crippen molar-refractivity contribution in [2.75, 3.05) is 26.2 Å². The lowest BCUT2D eigenvalue weighted by molar-refractivity contribution is -0.127. The zero-order chi connectivity index (χ0) is 20.1.